The molecule has 0 aliphatic carbocycles. The van der Waals surface area contributed by atoms with E-state index < -0.39 is 0 Å². The predicted octanol–water partition coefficient (Wildman–Crippen LogP) is 0.788. The molecule has 9 heteroatoms. The molecule has 1 heterocycles. The second-order valence-electron chi connectivity index (χ2n) is 4.51. The van der Waals surface area contributed by atoms with Crippen LogP contribution in [-0.2, 0) is 9.59 Å². The third-order valence-electron chi connectivity index (χ3n) is 2.41. The summed E-state index contributed by atoms with van der Waals surface area (Å²) in [7, 11) is 0. The Labute approximate surface area is 134 Å². The number of hydrogen-bond acceptors (Lipinski definition) is 6. The molecule has 1 aromatic heterocycles. The fraction of sp³-hybridized carbons (Fsp3) is 0.583. The first-order valence-electron chi connectivity index (χ1n) is 6.29. The number of nitrogens with zero attached hydrogens (tertiary/aromatic N) is 1. The minimum Gasteiger partial charge on any atom is -0.360 e. The zero-order valence-electron chi connectivity index (χ0n) is 12.0. The van der Waals surface area contributed by atoms with Gasteiger partial charge in [-0.25, -0.2) is 0 Å². The Hall–Kier alpha value is -1.25. The highest BCUT2D eigenvalue weighted by Crippen LogP contribution is 2.08. The molecule has 0 aliphatic rings. The number of hydrogen-bond donors (Lipinski definition) is 3. The van der Waals surface area contributed by atoms with Crippen LogP contribution in [0.2, 0.25) is 0 Å². The number of aromatic nitrogens is 1. The van der Waals surface area contributed by atoms with Gasteiger partial charge in [0.15, 0.2) is 5.82 Å². The minimum atomic E-state index is -0.216. The van der Waals surface area contributed by atoms with Gasteiger partial charge in [-0.15, -0.1) is 24.2 Å². The summed E-state index contributed by atoms with van der Waals surface area (Å²) in [6, 6.07) is 1.63. The van der Waals surface area contributed by atoms with E-state index in [4.69, 9.17) is 10.3 Å². The van der Waals surface area contributed by atoms with Crippen LogP contribution in [0.25, 0.3) is 0 Å². The topological polar surface area (TPSA) is 110 Å². The van der Waals surface area contributed by atoms with Crippen LogP contribution in [0, 0.1) is 12.8 Å². The number of carbonyl (C=O) groups excluding carboxylic acids is 2. The number of thioether (sulfide) groups is 1. The van der Waals surface area contributed by atoms with E-state index in [2.05, 4.69) is 15.8 Å². The lowest BCUT2D eigenvalue weighted by Gasteiger charge is -2.09. The Morgan fingerprint density at radius 1 is 1.43 bits per heavy atom. The van der Waals surface area contributed by atoms with Crippen molar-refractivity contribution >= 4 is 41.8 Å². The monoisotopic (exact) mass is 336 g/mol. The summed E-state index contributed by atoms with van der Waals surface area (Å²) in [6.07, 6.45) is 0. The molecule has 1 aromatic rings. The highest BCUT2D eigenvalue weighted by Gasteiger charge is 2.08. The van der Waals surface area contributed by atoms with Crippen LogP contribution in [0.3, 0.4) is 0 Å². The first kappa shape index (κ1) is 19.8. The number of carbonyl (C=O) groups is 2. The highest BCUT2D eigenvalue weighted by molar-refractivity contribution is 8.00. The maximum Gasteiger partial charge on any atom is 0.235 e. The molecular weight excluding hydrogens is 316 g/mol. The van der Waals surface area contributed by atoms with Gasteiger partial charge in [-0.1, -0.05) is 12.1 Å². The summed E-state index contributed by atoms with van der Waals surface area (Å²) in [6.45, 7) is 4.79. The van der Waals surface area contributed by atoms with E-state index in [-0.39, 0.29) is 41.6 Å². The van der Waals surface area contributed by atoms with E-state index in [1.54, 1.807) is 13.0 Å². The largest absolute Gasteiger partial charge is 0.360 e. The van der Waals surface area contributed by atoms with Crippen LogP contribution >= 0.6 is 24.2 Å². The van der Waals surface area contributed by atoms with Gasteiger partial charge in [0, 0.05) is 12.6 Å². The molecule has 0 fully saturated rings. The Bertz CT molecular complexity index is 455. The van der Waals surface area contributed by atoms with E-state index in [1.165, 1.54) is 11.8 Å². The first-order valence-corrected chi connectivity index (χ1v) is 7.44. The Morgan fingerprint density at radius 2 is 2.10 bits per heavy atom. The third-order valence-corrected chi connectivity index (χ3v) is 3.34. The van der Waals surface area contributed by atoms with E-state index in [1.807, 2.05) is 6.92 Å². The van der Waals surface area contributed by atoms with Crippen molar-refractivity contribution in [1.29, 1.82) is 0 Å². The highest BCUT2D eigenvalue weighted by atomic mass is 35.5. The first-order chi connectivity index (χ1) is 9.51. The van der Waals surface area contributed by atoms with Crippen molar-refractivity contribution in [2.24, 2.45) is 11.7 Å². The molecule has 120 valence electrons. The summed E-state index contributed by atoms with van der Waals surface area (Å²) < 4.78 is 4.83. The van der Waals surface area contributed by atoms with Crippen LogP contribution in [0.1, 0.15) is 12.7 Å². The number of anilines is 1. The molecule has 0 spiro atoms. The van der Waals surface area contributed by atoms with Crippen molar-refractivity contribution in [2.45, 2.75) is 13.8 Å². The van der Waals surface area contributed by atoms with E-state index in [0.717, 1.165) is 0 Å². The van der Waals surface area contributed by atoms with Crippen molar-refractivity contribution in [3.05, 3.63) is 11.8 Å². The molecule has 21 heavy (non-hydrogen) atoms. The molecule has 1 atom stereocenters. The maximum absolute atomic E-state index is 11.6. The summed E-state index contributed by atoms with van der Waals surface area (Å²) in [5, 5.41) is 8.99. The quantitative estimate of drug-likeness (QED) is 0.647. The Morgan fingerprint density at radius 3 is 2.67 bits per heavy atom. The molecular formula is C12H21ClN4O3S. The SMILES string of the molecule is Cc1cc(NC(=O)CSCC(=O)NCC(C)CN)no1.Cl. The van der Waals surface area contributed by atoms with Gasteiger partial charge in [0.2, 0.25) is 11.8 Å². The predicted molar refractivity (Wildman–Crippen MR) is 85.7 cm³/mol. The minimum absolute atomic E-state index is 0. The Kier molecular flexibility index (Phi) is 9.85. The van der Waals surface area contributed by atoms with Gasteiger partial charge in [0.25, 0.3) is 0 Å². The number of amides is 2. The molecule has 1 unspecified atom stereocenters. The normalized spacial score (nSPS) is 11.4. The third kappa shape index (κ3) is 8.59. The van der Waals surface area contributed by atoms with Crippen LogP contribution in [0.4, 0.5) is 5.82 Å². The lowest BCUT2D eigenvalue weighted by molar-refractivity contribution is -0.118. The number of halogens is 1. The molecule has 0 bridgehead atoms. The van der Waals surface area contributed by atoms with Gasteiger partial charge in [-0.3, -0.25) is 9.59 Å². The molecule has 0 radical (unpaired) electrons. The van der Waals surface area contributed by atoms with Gasteiger partial charge >= 0.3 is 0 Å². The molecule has 1 rings (SSSR count). The molecule has 0 saturated heterocycles. The van der Waals surface area contributed by atoms with Gasteiger partial charge in [0.05, 0.1) is 11.5 Å². The van der Waals surface area contributed by atoms with Crippen molar-refractivity contribution in [2.75, 3.05) is 29.9 Å². The molecule has 0 aliphatic heterocycles. The van der Waals surface area contributed by atoms with Crippen molar-refractivity contribution in [3.63, 3.8) is 0 Å². The summed E-state index contributed by atoms with van der Waals surface area (Å²) in [4.78, 5) is 23.0. The molecule has 7 nitrogen and oxygen atoms in total. The lowest BCUT2D eigenvalue weighted by Crippen LogP contribution is -2.32. The lowest BCUT2D eigenvalue weighted by atomic mass is 10.2. The molecule has 2 amide bonds. The average Bonchev–Trinajstić information content (AvgIpc) is 2.81. The second kappa shape index (κ2) is 10.5. The average molecular weight is 337 g/mol. The smallest absolute Gasteiger partial charge is 0.235 e. The van der Waals surface area contributed by atoms with Crippen LogP contribution in [-0.4, -0.2) is 41.6 Å². The Balaban J connectivity index is 0.00000400. The number of nitrogens with one attached hydrogen (secondary N) is 2. The maximum atomic E-state index is 11.6. The van der Waals surface area contributed by atoms with Gasteiger partial charge in [-0.05, 0) is 19.4 Å². The van der Waals surface area contributed by atoms with Crippen LogP contribution in [0.15, 0.2) is 10.6 Å². The summed E-state index contributed by atoms with van der Waals surface area (Å²) in [5.41, 5.74) is 5.45. The van der Waals surface area contributed by atoms with Crippen LogP contribution < -0.4 is 16.4 Å². The zero-order valence-corrected chi connectivity index (χ0v) is 13.7. The van der Waals surface area contributed by atoms with E-state index >= 15 is 0 Å². The van der Waals surface area contributed by atoms with Crippen LogP contribution in [0.5, 0.6) is 0 Å². The summed E-state index contributed by atoms with van der Waals surface area (Å²) in [5.74, 6) is 1.37. The van der Waals surface area contributed by atoms with Gasteiger partial charge < -0.3 is 20.9 Å². The van der Waals surface area contributed by atoms with E-state index in [0.29, 0.717) is 24.7 Å². The summed E-state index contributed by atoms with van der Waals surface area (Å²) >= 11 is 1.24. The number of nitrogens with two attached hydrogens (primary N) is 1. The number of aryl methyl sites for hydroxylation is 1. The van der Waals surface area contributed by atoms with Crippen molar-refractivity contribution < 1.29 is 14.1 Å². The van der Waals surface area contributed by atoms with Gasteiger partial charge in [0.1, 0.15) is 5.76 Å². The standard InChI is InChI=1S/C12H20N4O3S.ClH/c1-8(4-13)5-14-11(17)6-20-7-12(18)15-10-3-9(2)19-16-10;/h3,8H,4-7,13H2,1-2H3,(H,14,17)(H,15,16,18);1H. The molecule has 0 saturated carbocycles. The zero-order chi connectivity index (χ0) is 15.0. The van der Waals surface area contributed by atoms with Crippen molar-refractivity contribution in [1.82, 2.24) is 10.5 Å². The fourth-order valence-corrected chi connectivity index (χ4v) is 1.91. The number of rotatable bonds is 8. The molecule has 0 aromatic carbocycles. The van der Waals surface area contributed by atoms with E-state index in [9.17, 15) is 9.59 Å². The second-order valence-corrected chi connectivity index (χ2v) is 5.49. The fourth-order valence-electron chi connectivity index (χ4n) is 1.26. The molecule has 4 N–H and O–H groups in total. The van der Waals surface area contributed by atoms with Crippen molar-refractivity contribution in [3.8, 4) is 0 Å². The van der Waals surface area contributed by atoms with Gasteiger partial charge in [-0.2, -0.15) is 0 Å².